The Balaban J connectivity index is 0. The number of carbonyl (C=O) groups excluding carboxylic acids is 2. The van der Waals surface area contributed by atoms with Gasteiger partial charge in [0, 0.05) is 12.2 Å². The van der Waals surface area contributed by atoms with E-state index in [1.807, 2.05) is 0 Å². The molecule has 5 nitrogen and oxygen atoms in total. The van der Waals surface area contributed by atoms with Crippen LogP contribution in [0.25, 0.3) is 0 Å². The summed E-state index contributed by atoms with van der Waals surface area (Å²) in [6, 6.07) is 0. The summed E-state index contributed by atoms with van der Waals surface area (Å²) in [5.41, 5.74) is 0. The van der Waals surface area contributed by atoms with Gasteiger partial charge in [-0.05, 0) is 6.92 Å². The molecule has 0 saturated heterocycles. The molecule has 0 saturated carbocycles. The van der Waals surface area contributed by atoms with Crippen LogP contribution in [-0.4, -0.2) is 25.7 Å². The molecule has 0 aliphatic heterocycles. The lowest BCUT2D eigenvalue weighted by molar-refractivity contribution is -0.249. The van der Waals surface area contributed by atoms with Crippen molar-refractivity contribution in [1.29, 1.82) is 0 Å². The molecular weight excluding hydrogens is 188 g/mol. The molecule has 0 amide bonds. The lowest BCUT2D eigenvalue weighted by atomic mass is 10.6. The van der Waals surface area contributed by atoms with Gasteiger partial charge in [-0.1, -0.05) is 13.2 Å². The fourth-order valence-electron chi connectivity index (χ4n) is 0.317. The van der Waals surface area contributed by atoms with Crippen molar-refractivity contribution in [1.82, 2.24) is 0 Å². The Labute approximate surface area is 82.9 Å². The summed E-state index contributed by atoms with van der Waals surface area (Å²) in [5, 5.41) is 0. The third-order valence-corrected chi connectivity index (χ3v) is 0.785. The molecule has 80 valence electrons. The molecule has 5 heteroatoms. The minimum absolute atomic E-state index is 0.359. The van der Waals surface area contributed by atoms with Crippen molar-refractivity contribution >= 4 is 11.9 Å². The van der Waals surface area contributed by atoms with E-state index < -0.39 is 5.97 Å². The van der Waals surface area contributed by atoms with Crippen LogP contribution in [0.1, 0.15) is 6.92 Å². The maximum Gasteiger partial charge on any atom is 0.365 e. The third kappa shape index (κ3) is 13.0. The van der Waals surface area contributed by atoms with E-state index in [0.29, 0.717) is 6.61 Å². The summed E-state index contributed by atoms with van der Waals surface area (Å²) in [5.74, 6) is -0.940. The van der Waals surface area contributed by atoms with Crippen molar-refractivity contribution in [3.05, 3.63) is 25.3 Å². The molecule has 0 aromatic rings. The van der Waals surface area contributed by atoms with Gasteiger partial charge in [0.15, 0.2) is 0 Å². The summed E-state index contributed by atoms with van der Waals surface area (Å²) >= 11 is 0. The number of carbonyl (C=O) groups is 2. The minimum atomic E-state index is -0.581. The maximum absolute atomic E-state index is 10.1. The lowest BCUT2D eigenvalue weighted by Crippen LogP contribution is -1.97. The van der Waals surface area contributed by atoms with Crippen LogP contribution in [0.4, 0.5) is 0 Å². The van der Waals surface area contributed by atoms with Crippen molar-refractivity contribution in [2.75, 3.05) is 13.7 Å². The Hall–Kier alpha value is -1.62. The molecule has 0 N–H and O–H groups in total. The van der Waals surface area contributed by atoms with E-state index in [1.54, 1.807) is 6.92 Å². The van der Waals surface area contributed by atoms with Gasteiger partial charge in [-0.25, -0.2) is 9.59 Å². The summed E-state index contributed by atoms with van der Waals surface area (Å²) in [4.78, 5) is 27.9. The van der Waals surface area contributed by atoms with Crippen LogP contribution in [0, 0.1) is 0 Å². The Morgan fingerprint density at radius 1 is 1.21 bits per heavy atom. The van der Waals surface area contributed by atoms with Crippen molar-refractivity contribution in [3.63, 3.8) is 0 Å². The second kappa shape index (κ2) is 11.4. The zero-order valence-electron chi connectivity index (χ0n) is 8.32. The summed E-state index contributed by atoms with van der Waals surface area (Å²) in [7, 11) is 1.25. The fourth-order valence-corrected chi connectivity index (χ4v) is 0.317. The molecular formula is C9H14O5. The molecule has 0 atom stereocenters. The molecule has 0 aliphatic carbocycles. The highest BCUT2D eigenvalue weighted by molar-refractivity contribution is 5.81. The Kier molecular flexibility index (Phi) is 12.1. The molecule has 0 radical (unpaired) electrons. The molecule has 0 heterocycles. The third-order valence-electron chi connectivity index (χ3n) is 0.785. The van der Waals surface area contributed by atoms with E-state index in [9.17, 15) is 9.59 Å². The first-order valence-electron chi connectivity index (χ1n) is 3.78. The van der Waals surface area contributed by atoms with Gasteiger partial charge in [-0.15, -0.1) is 0 Å². The van der Waals surface area contributed by atoms with Crippen molar-refractivity contribution in [3.8, 4) is 0 Å². The molecule has 0 fully saturated rings. The van der Waals surface area contributed by atoms with Gasteiger partial charge in [-0.3, -0.25) is 4.89 Å². The largest absolute Gasteiger partial charge is 0.463 e. The maximum atomic E-state index is 10.1. The van der Waals surface area contributed by atoms with Crippen LogP contribution in [0.15, 0.2) is 25.3 Å². The molecule has 0 aromatic heterocycles. The number of rotatable bonds is 4. The van der Waals surface area contributed by atoms with Crippen molar-refractivity contribution in [2.24, 2.45) is 0 Å². The number of esters is 1. The standard InChI is InChI=1S/C5H8O2.C4H6O3/c1-3-5(6)7-4-2;1-3-4(5)7-6-2/h3H,1,4H2,2H3;3H,1H2,2H3. The highest BCUT2D eigenvalue weighted by Gasteiger charge is 1.89. The number of hydrogen-bond acceptors (Lipinski definition) is 5. The zero-order valence-corrected chi connectivity index (χ0v) is 8.32. The Morgan fingerprint density at radius 2 is 1.71 bits per heavy atom. The number of ether oxygens (including phenoxy) is 1. The average Bonchev–Trinajstić information content (AvgIpc) is 2.19. The molecule has 0 unspecified atom stereocenters. The van der Waals surface area contributed by atoms with E-state index >= 15 is 0 Å². The predicted octanol–water partition coefficient (Wildman–Crippen LogP) is 1.01. The van der Waals surface area contributed by atoms with E-state index in [0.717, 1.165) is 12.2 Å². The second-order valence-corrected chi connectivity index (χ2v) is 1.73. The normalized spacial score (nSPS) is 7.57. The molecule has 0 spiro atoms. The van der Waals surface area contributed by atoms with E-state index in [-0.39, 0.29) is 5.97 Å². The first-order valence-corrected chi connectivity index (χ1v) is 3.78. The van der Waals surface area contributed by atoms with Crippen LogP contribution in [0.2, 0.25) is 0 Å². The van der Waals surface area contributed by atoms with Crippen LogP contribution in [0.5, 0.6) is 0 Å². The first-order chi connectivity index (χ1) is 6.62. The van der Waals surface area contributed by atoms with Gasteiger partial charge < -0.3 is 4.74 Å². The predicted molar refractivity (Wildman–Crippen MR) is 50.1 cm³/mol. The quantitative estimate of drug-likeness (QED) is 0.294. The van der Waals surface area contributed by atoms with Crippen LogP contribution < -0.4 is 0 Å². The van der Waals surface area contributed by atoms with E-state index in [2.05, 4.69) is 27.7 Å². The van der Waals surface area contributed by atoms with Gasteiger partial charge in [0.2, 0.25) is 0 Å². The van der Waals surface area contributed by atoms with Gasteiger partial charge in [0.05, 0.1) is 13.7 Å². The average molecular weight is 202 g/mol. The summed E-state index contributed by atoms with van der Waals surface area (Å²) in [6.07, 6.45) is 2.16. The molecule has 0 aromatic carbocycles. The Bertz CT molecular complexity index is 175. The minimum Gasteiger partial charge on any atom is -0.463 e. The molecule has 0 aliphatic rings. The van der Waals surface area contributed by atoms with Crippen LogP contribution >= 0.6 is 0 Å². The van der Waals surface area contributed by atoms with Gasteiger partial charge >= 0.3 is 11.9 Å². The SMILES string of the molecule is C=CC(=O)OCC.C=CC(=O)OOC. The van der Waals surface area contributed by atoms with Crippen molar-refractivity contribution in [2.45, 2.75) is 6.92 Å². The van der Waals surface area contributed by atoms with Gasteiger partial charge in [0.1, 0.15) is 0 Å². The zero-order chi connectivity index (χ0) is 11.4. The monoisotopic (exact) mass is 202 g/mol. The summed E-state index contributed by atoms with van der Waals surface area (Å²) in [6.45, 7) is 8.50. The fraction of sp³-hybridized carbons (Fsp3) is 0.333. The van der Waals surface area contributed by atoms with Crippen molar-refractivity contribution < 1.29 is 24.1 Å². The van der Waals surface area contributed by atoms with Crippen LogP contribution in [0.3, 0.4) is 0 Å². The van der Waals surface area contributed by atoms with Gasteiger partial charge in [0.25, 0.3) is 0 Å². The molecule has 0 bridgehead atoms. The van der Waals surface area contributed by atoms with E-state index in [1.165, 1.54) is 7.11 Å². The number of hydrogen-bond donors (Lipinski definition) is 0. The molecule has 0 rings (SSSR count). The second-order valence-electron chi connectivity index (χ2n) is 1.73. The van der Waals surface area contributed by atoms with Crippen LogP contribution in [-0.2, 0) is 24.1 Å². The summed E-state index contributed by atoms with van der Waals surface area (Å²) < 4.78 is 4.43. The highest BCUT2D eigenvalue weighted by atomic mass is 17.2. The lowest BCUT2D eigenvalue weighted by Gasteiger charge is -1.90. The smallest absolute Gasteiger partial charge is 0.365 e. The first kappa shape index (κ1) is 14.9. The highest BCUT2D eigenvalue weighted by Crippen LogP contribution is 1.75. The Morgan fingerprint density at radius 3 is 1.86 bits per heavy atom. The molecule has 14 heavy (non-hydrogen) atoms. The topological polar surface area (TPSA) is 61.8 Å². The van der Waals surface area contributed by atoms with Gasteiger partial charge in [-0.2, -0.15) is 4.89 Å². The van der Waals surface area contributed by atoms with E-state index in [4.69, 9.17) is 0 Å².